The number of hydrogen-bond acceptors (Lipinski definition) is 4. The van der Waals surface area contributed by atoms with Gasteiger partial charge in [-0.05, 0) is 36.8 Å². The molecule has 0 aliphatic rings. The summed E-state index contributed by atoms with van der Waals surface area (Å²) < 4.78 is 5.55. The van der Waals surface area contributed by atoms with Crippen LogP contribution in [0.4, 0.5) is 0 Å². The topological polar surface area (TPSA) is 82.7 Å². The Kier molecular flexibility index (Phi) is 5.88. The summed E-state index contributed by atoms with van der Waals surface area (Å²) in [4.78, 5) is 9.05. The Morgan fingerprint density at radius 3 is 2.58 bits per heavy atom. The van der Waals surface area contributed by atoms with Gasteiger partial charge in [-0.2, -0.15) is 0 Å². The van der Waals surface area contributed by atoms with E-state index < -0.39 is 0 Å². The minimum absolute atomic E-state index is 0.253. The first-order chi connectivity index (χ1) is 12.7. The second kappa shape index (κ2) is 8.71. The molecule has 0 unspecified atom stereocenters. The Balaban J connectivity index is 1.61. The lowest BCUT2D eigenvalue weighted by molar-refractivity contribution is 0.475. The summed E-state index contributed by atoms with van der Waals surface area (Å²) in [5.41, 5.74) is 2.78. The Bertz CT molecular complexity index is 842. The van der Waals surface area contributed by atoms with Crippen molar-refractivity contribution in [2.45, 2.75) is 20.0 Å². The molecule has 26 heavy (non-hydrogen) atoms. The van der Waals surface area contributed by atoms with Gasteiger partial charge in [-0.1, -0.05) is 30.3 Å². The van der Waals surface area contributed by atoms with Crippen molar-refractivity contribution in [3.8, 4) is 17.2 Å². The minimum atomic E-state index is 0.253. The third-order valence-electron chi connectivity index (χ3n) is 3.71. The van der Waals surface area contributed by atoms with E-state index in [1.54, 1.807) is 18.4 Å². The van der Waals surface area contributed by atoms with Crippen LogP contribution in [-0.4, -0.2) is 22.6 Å². The maximum atomic E-state index is 9.34. The summed E-state index contributed by atoms with van der Waals surface area (Å²) in [6.07, 6.45) is 1.65. The number of phenolic OH excluding ortho intramolecular Hbond substituents is 1. The molecule has 0 radical (unpaired) electrons. The first-order valence-electron chi connectivity index (χ1n) is 8.54. The monoisotopic (exact) mass is 350 g/mol. The fourth-order valence-corrected chi connectivity index (χ4v) is 2.39. The number of oxazole rings is 1. The molecular formula is C20H22N4O2. The number of benzene rings is 2. The second-order valence-electron chi connectivity index (χ2n) is 5.73. The van der Waals surface area contributed by atoms with Gasteiger partial charge in [0.1, 0.15) is 12.0 Å². The zero-order chi connectivity index (χ0) is 18.2. The highest BCUT2D eigenvalue weighted by atomic mass is 16.3. The molecule has 0 bridgehead atoms. The van der Waals surface area contributed by atoms with Gasteiger partial charge in [-0.25, -0.2) is 9.98 Å². The van der Waals surface area contributed by atoms with Gasteiger partial charge in [-0.15, -0.1) is 0 Å². The third kappa shape index (κ3) is 4.86. The van der Waals surface area contributed by atoms with Crippen LogP contribution in [0.25, 0.3) is 11.5 Å². The van der Waals surface area contributed by atoms with Crippen molar-refractivity contribution in [3.05, 3.63) is 72.1 Å². The van der Waals surface area contributed by atoms with Gasteiger partial charge in [0.05, 0.1) is 18.8 Å². The molecule has 1 heterocycles. The molecular weight excluding hydrogens is 328 g/mol. The van der Waals surface area contributed by atoms with Crippen molar-refractivity contribution < 1.29 is 9.52 Å². The Morgan fingerprint density at radius 1 is 1.08 bits per heavy atom. The van der Waals surface area contributed by atoms with Crippen LogP contribution in [0.15, 0.2) is 70.3 Å². The van der Waals surface area contributed by atoms with Crippen LogP contribution in [0, 0.1) is 0 Å². The van der Waals surface area contributed by atoms with E-state index in [2.05, 4.69) is 20.6 Å². The van der Waals surface area contributed by atoms with Crippen LogP contribution >= 0.6 is 0 Å². The quantitative estimate of drug-likeness (QED) is 0.469. The number of aromatic hydroxyl groups is 1. The minimum Gasteiger partial charge on any atom is -0.508 e. The van der Waals surface area contributed by atoms with E-state index in [1.165, 1.54) is 0 Å². The van der Waals surface area contributed by atoms with E-state index in [0.29, 0.717) is 24.9 Å². The zero-order valence-corrected chi connectivity index (χ0v) is 14.6. The molecule has 0 fully saturated rings. The standard InChI is InChI=1S/C20H22N4O2/c1-2-21-20(22-12-15-8-10-18(25)11-9-15)23-13-17-14-26-19(24-17)16-6-4-3-5-7-16/h3-11,14,25H,2,12-13H2,1H3,(H2,21,22,23). The molecule has 0 saturated carbocycles. The summed E-state index contributed by atoms with van der Waals surface area (Å²) in [5.74, 6) is 1.56. The number of nitrogens with one attached hydrogen (secondary N) is 2. The Hall–Kier alpha value is -3.28. The molecule has 0 aliphatic carbocycles. The van der Waals surface area contributed by atoms with Crippen LogP contribution in [0.1, 0.15) is 18.2 Å². The van der Waals surface area contributed by atoms with E-state index >= 15 is 0 Å². The number of guanidine groups is 1. The van der Waals surface area contributed by atoms with Crippen molar-refractivity contribution in [2.24, 2.45) is 4.99 Å². The molecule has 3 N–H and O–H groups in total. The lowest BCUT2D eigenvalue weighted by Gasteiger charge is -2.10. The largest absolute Gasteiger partial charge is 0.508 e. The van der Waals surface area contributed by atoms with E-state index in [-0.39, 0.29) is 5.75 Å². The summed E-state index contributed by atoms with van der Waals surface area (Å²) >= 11 is 0. The number of rotatable bonds is 6. The van der Waals surface area contributed by atoms with Crippen LogP contribution in [-0.2, 0) is 13.1 Å². The van der Waals surface area contributed by atoms with E-state index in [1.807, 2.05) is 49.4 Å². The Morgan fingerprint density at radius 2 is 1.85 bits per heavy atom. The van der Waals surface area contributed by atoms with E-state index in [9.17, 15) is 5.11 Å². The highest BCUT2D eigenvalue weighted by Gasteiger charge is 2.07. The maximum absolute atomic E-state index is 9.34. The molecule has 0 amide bonds. The van der Waals surface area contributed by atoms with Gasteiger partial charge < -0.3 is 20.2 Å². The predicted octanol–water partition coefficient (Wildman–Crippen LogP) is 3.30. The summed E-state index contributed by atoms with van der Waals surface area (Å²) in [6.45, 7) is 3.80. The molecule has 1 aromatic heterocycles. The van der Waals surface area contributed by atoms with Gasteiger partial charge in [0.2, 0.25) is 5.89 Å². The fraction of sp³-hybridized carbons (Fsp3) is 0.200. The van der Waals surface area contributed by atoms with Crippen LogP contribution < -0.4 is 10.6 Å². The number of aliphatic imine (C=N–C) groups is 1. The summed E-state index contributed by atoms with van der Waals surface area (Å²) in [7, 11) is 0. The summed E-state index contributed by atoms with van der Waals surface area (Å²) in [5, 5.41) is 15.8. The first-order valence-corrected chi connectivity index (χ1v) is 8.54. The van der Waals surface area contributed by atoms with Crippen LogP contribution in [0.5, 0.6) is 5.75 Å². The highest BCUT2D eigenvalue weighted by molar-refractivity contribution is 5.79. The van der Waals surface area contributed by atoms with Gasteiger partial charge in [0.25, 0.3) is 0 Å². The molecule has 3 aromatic rings. The average molecular weight is 350 g/mol. The van der Waals surface area contributed by atoms with Crippen LogP contribution in [0.2, 0.25) is 0 Å². The van der Waals surface area contributed by atoms with Crippen molar-refractivity contribution in [1.82, 2.24) is 15.6 Å². The molecule has 3 rings (SSSR count). The zero-order valence-electron chi connectivity index (χ0n) is 14.6. The van der Waals surface area contributed by atoms with Gasteiger partial charge in [-0.3, -0.25) is 0 Å². The highest BCUT2D eigenvalue weighted by Crippen LogP contribution is 2.17. The number of aromatic nitrogens is 1. The van der Waals surface area contributed by atoms with Crippen molar-refractivity contribution >= 4 is 5.96 Å². The third-order valence-corrected chi connectivity index (χ3v) is 3.71. The smallest absolute Gasteiger partial charge is 0.226 e. The number of hydrogen-bond donors (Lipinski definition) is 3. The fourth-order valence-electron chi connectivity index (χ4n) is 2.39. The second-order valence-corrected chi connectivity index (χ2v) is 5.73. The van der Waals surface area contributed by atoms with Crippen LogP contribution in [0.3, 0.4) is 0 Å². The SMILES string of the molecule is CCNC(=NCc1ccc(O)cc1)NCc1coc(-c2ccccc2)n1. The normalized spacial score (nSPS) is 11.3. The molecule has 0 spiro atoms. The van der Waals surface area contributed by atoms with Crippen molar-refractivity contribution in [2.75, 3.05) is 6.54 Å². The summed E-state index contributed by atoms with van der Waals surface area (Å²) in [6, 6.07) is 16.8. The maximum Gasteiger partial charge on any atom is 0.226 e. The van der Waals surface area contributed by atoms with Crippen molar-refractivity contribution in [3.63, 3.8) is 0 Å². The molecule has 2 aromatic carbocycles. The number of nitrogens with zero attached hydrogens (tertiary/aromatic N) is 2. The van der Waals surface area contributed by atoms with Crippen molar-refractivity contribution in [1.29, 1.82) is 0 Å². The Labute approximate surface area is 152 Å². The van der Waals surface area contributed by atoms with Gasteiger partial charge >= 0.3 is 0 Å². The van der Waals surface area contributed by atoms with Gasteiger partial charge in [0, 0.05) is 12.1 Å². The average Bonchev–Trinajstić information content (AvgIpc) is 3.15. The molecule has 0 atom stereocenters. The lowest BCUT2D eigenvalue weighted by atomic mass is 10.2. The molecule has 6 nitrogen and oxygen atoms in total. The molecule has 134 valence electrons. The van der Waals surface area contributed by atoms with Gasteiger partial charge in [0.15, 0.2) is 5.96 Å². The van der Waals surface area contributed by atoms with E-state index in [0.717, 1.165) is 23.4 Å². The predicted molar refractivity (Wildman–Crippen MR) is 102 cm³/mol. The lowest BCUT2D eigenvalue weighted by Crippen LogP contribution is -2.36. The van der Waals surface area contributed by atoms with E-state index in [4.69, 9.17) is 4.42 Å². The molecule has 6 heteroatoms. The molecule has 0 saturated heterocycles. The first kappa shape index (κ1) is 17.5. The molecule has 0 aliphatic heterocycles. The number of phenols is 1.